The Hall–Kier alpha value is -2.15. The molecular weight excluding hydrogens is 314 g/mol. The SMILES string of the molecule is Cc1nc(NC(=O)CN(C(=O)c2ccco2)C(C)(C)C)sc1C. The third-order valence-electron chi connectivity index (χ3n) is 3.36. The van der Waals surface area contributed by atoms with Gasteiger partial charge in [-0.05, 0) is 46.8 Å². The van der Waals surface area contributed by atoms with Crippen LogP contribution in [-0.2, 0) is 4.79 Å². The highest BCUT2D eigenvalue weighted by Crippen LogP contribution is 2.22. The summed E-state index contributed by atoms with van der Waals surface area (Å²) in [6.45, 7) is 9.39. The van der Waals surface area contributed by atoms with E-state index in [0.717, 1.165) is 10.6 Å². The number of amides is 2. The van der Waals surface area contributed by atoms with Gasteiger partial charge in [0.15, 0.2) is 10.9 Å². The fourth-order valence-electron chi connectivity index (χ4n) is 1.98. The number of furan rings is 1. The van der Waals surface area contributed by atoms with E-state index in [9.17, 15) is 9.59 Å². The molecule has 0 atom stereocenters. The molecule has 6 nitrogen and oxygen atoms in total. The summed E-state index contributed by atoms with van der Waals surface area (Å²) in [4.78, 5) is 31.6. The number of nitrogens with one attached hydrogen (secondary N) is 1. The Kier molecular flexibility index (Phi) is 4.89. The summed E-state index contributed by atoms with van der Waals surface area (Å²) in [5.41, 5.74) is 0.375. The maximum absolute atomic E-state index is 12.5. The maximum Gasteiger partial charge on any atom is 0.290 e. The number of aromatic nitrogens is 1. The quantitative estimate of drug-likeness (QED) is 0.931. The number of hydrogen-bond donors (Lipinski definition) is 1. The van der Waals surface area contributed by atoms with Crippen LogP contribution in [-0.4, -0.2) is 33.8 Å². The van der Waals surface area contributed by atoms with Crippen molar-refractivity contribution in [1.82, 2.24) is 9.88 Å². The molecule has 2 aromatic heterocycles. The zero-order valence-electron chi connectivity index (χ0n) is 14.0. The van der Waals surface area contributed by atoms with Gasteiger partial charge in [-0.15, -0.1) is 11.3 Å². The summed E-state index contributed by atoms with van der Waals surface area (Å²) in [6, 6.07) is 3.24. The first-order chi connectivity index (χ1) is 10.7. The van der Waals surface area contributed by atoms with Gasteiger partial charge in [-0.1, -0.05) is 0 Å². The van der Waals surface area contributed by atoms with Crippen molar-refractivity contribution >= 4 is 28.3 Å². The lowest BCUT2D eigenvalue weighted by molar-refractivity contribution is -0.117. The van der Waals surface area contributed by atoms with Crippen LogP contribution in [0.2, 0.25) is 0 Å². The van der Waals surface area contributed by atoms with E-state index in [1.807, 2.05) is 34.6 Å². The average Bonchev–Trinajstić information content (AvgIpc) is 3.05. The zero-order chi connectivity index (χ0) is 17.2. The number of nitrogens with zero attached hydrogens (tertiary/aromatic N) is 2. The molecule has 124 valence electrons. The summed E-state index contributed by atoms with van der Waals surface area (Å²) in [7, 11) is 0. The first-order valence-electron chi connectivity index (χ1n) is 7.28. The second kappa shape index (κ2) is 6.54. The standard InChI is InChI=1S/C16H21N3O3S/c1-10-11(2)23-15(17-10)18-13(20)9-19(16(3,4)5)14(21)12-7-6-8-22-12/h6-8H,9H2,1-5H3,(H,17,18,20). The van der Waals surface area contributed by atoms with Gasteiger partial charge in [0.05, 0.1) is 12.0 Å². The van der Waals surface area contributed by atoms with Crippen molar-refractivity contribution in [3.05, 3.63) is 34.7 Å². The lowest BCUT2D eigenvalue weighted by Gasteiger charge is -2.34. The van der Waals surface area contributed by atoms with Crippen molar-refractivity contribution in [1.29, 1.82) is 0 Å². The van der Waals surface area contributed by atoms with E-state index in [0.29, 0.717) is 5.13 Å². The van der Waals surface area contributed by atoms with Gasteiger partial charge in [0.25, 0.3) is 5.91 Å². The summed E-state index contributed by atoms with van der Waals surface area (Å²) in [5, 5.41) is 3.30. The molecule has 0 aliphatic rings. The second-order valence-corrected chi connectivity index (χ2v) is 7.45. The molecule has 0 fully saturated rings. The van der Waals surface area contributed by atoms with Crippen molar-refractivity contribution in [3.63, 3.8) is 0 Å². The fourth-order valence-corrected chi connectivity index (χ4v) is 2.81. The van der Waals surface area contributed by atoms with Gasteiger partial charge in [0, 0.05) is 10.4 Å². The number of thiazole rings is 1. The number of aryl methyl sites for hydroxylation is 2. The predicted molar refractivity (Wildman–Crippen MR) is 89.7 cm³/mol. The van der Waals surface area contributed by atoms with Gasteiger partial charge in [0.1, 0.15) is 6.54 Å². The van der Waals surface area contributed by atoms with Crippen LogP contribution in [0.1, 0.15) is 41.9 Å². The molecule has 2 heterocycles. The van der Waals surface area contributed by atoms with Crippen LogP contribution in [0.5, 0.6) is 0 Å². The van der Waals surface area contributed by atoms with E-state index < -0.39 is 5.54 Å². The number of carbonyl (C=O) groups excluding carboxylic acids is 2. The van der Waals surface area contributed by atoms with Crippen molar-refractivity contribution in [3.8, 4) is 0 Å². The van der Waals surface area contributed by atoms with Gasteiger partial charge in [-0.2, -0.15) is 0 Å². The largest absolute Gasteiger partial charge is 0.459 e. The Labute approximate surface area is 139 Å². The zero-order valence-corrected chi connectivity index (χ0v) is 14.8. The minimum absolute atomic E-state index is 0.0687. The fraction of sp³-hybridized carbons (Fsp3) is 0.438. The Morgan fingerprint density at radius 3 is 2.52 bits per heavy atom. The highest BCUT2D eigenvalue weighted by molar-refractivity contribution is 7.15. The number of anilines is 1. The van der Waals surface area contributed by atoms with Crippen LogP contribution < -0.4 is 5.32 Å². The predicted octanol–water partition coefficient (Wildman–Crippen LogP) is 3.23. The van der Waals surface area contributed by atoms with E-state index in [4.69, 9.17) is 4.42 Å². The molecule has 0 radical (unpaired) electrons. The highest BCUT2D eigenvalue weighted by atomic mass is 32.1. The molecule has 0 saturated carbocycles. The number of hydrogen-bond acceptors (Lipinski definition) is 5. The summed E-state index contributed by atoms with van der Waals surface area (Å²) >= 11 is 1.42. The van der Waals surface area contributed by atoms with E-state index >= 15 is 0 Å². The molecule has 2 rings (SSSR count). The smallest absolute Gasteiger partial charge is 0.290 e. The van der Waals surface area contributed by atoms with Crippen LogP contribution >= 0.6 is 11.3 Å². The van der Waals surface area contributed by atoms with Crippen LogP contribution in [0.3, 0.4) is 0 Å². The van der Waals surface area contributed by atoms with E-state index in [1.54, 1.807) is 12.1 Å². The molecule has 0 unspecified atom stereocenters. The molecule has 0 spiro atoms. The van der Waals surface area contributed by atoms with Crippen LogP contribution in [0, 0.1) is 13.8 Å². The normalized spacial score (nSPS) is 11.3. The van der Waals surface area contributed by atoms with E-state index in [2.05, 4.69) is 10.3 Å². The van der Waals surface area contributed by atoms with Crippen molar-refractivity contribution in [2.75, 3.05) is 11.9 Å². The van der Waals surface area contributed by atoms with Crippen LogP contribution in [0.4, 0.5) is 5.13 Å². The van der Waals surface area contributed by atoms with Crippen molar-refractivity contribution in [2.24, 2.45) is 0 Å². The van der Waals surface area contributed by atoms with Gasteiger partial charge < -0.3 is 14.6 Å². The molecule has 0 aromatic carbocycles. The van der Waals surface area contributed by atoms with Crippen LogP contribution in [0.15, 0.2) is 22.8 Å². The number of rotatable bonds is 4. The van der Waals surface area contributed by atoms with Gasteiger partial charge in [-0.25, -0.2) is 4.98 Å². The second-order valence-electron chi connectivity index (χ2n) is 6.25. The van der Waals surface area contributed by atoms with Crippen molar-refractivity contribution in [2.45, 2.75) is 40.2 Å². The third kappa shape index (κ3) is 4.19. The Morgan fingerprint density at radius 1 is 1.35 bits per heavy atom. The van der Waals surface area contributed by atoms with E-state index in [1.165, 1.54) is 22.5 Å². The molecular formula is C16H21N3O3S. The first kappa shape index (κ1) is 17.2. The van der Waals surface area contributed by atoms with Crippen LogP contribution in [0.25, 0.3) is 0 Å². The van der Waals surface area contributed by atoms with E-state index in [-0.39, 0.29) is 24.1 Å². The Morgan fingerprint density at radius 2 is 2.04 bits per heavy atom. The molecule has 0 aliphatic carbocycles. The van der Waals surface area contributed by atoms with Gasteiger partial charge in [0.2, 0.25) is 5.91 Å². The number of carbonyl (C=O) groups is 2. The summed E-state index contributed by atoms with van der Waals surface area (Å²) in [5.74, 6) is -0.383. The molecule has 0 bridgehead atoms. The molecule has 2 aromatic rings. The lowest BCUT2D eigenvalue weighted by Crippen LogP contribution is -2.49. The molecule has 0 saturated heterocycles. The minimum Gasteiger partial charge on any atom is -0.459 e. The lowest BCUT2D eigenvalue weighted by atomic mass is 10.1. The van der Waals surface area contributed by atoms with Crippen molar-refractivity contribution < 1.29 is 14.0 Å². The molecule has 7 heteroatoms. The average molecular weight is 335 g/mol. The highest BCUT2D eigenvalue weighted by Gasteiger charge is 2.30. The van der Waals surface area contributed by atoms with Gasteiger partial charge >= 0.3 is 0 Å². The minimum atomic E-state index is -0.518. The summed E-state index contributed by atoms with van der Waals surface area (Å²) in [6.07, 6.45) is 1.44. The maximum atomic E-state index is 12.5. The molecule has 23 heavy (non-hydrogen) atoms. The monoisotopic (exact) mass is 335 g/mol. The third-order valence-corrected chi connectivity index (χ3v) is 4.35. The summed E-state index contributed by atoms with van der Waals surface area (Å²) < 4.78 is 5.16. The first-order valence-corrected chi connectivity index (χ1v) is 8.09. The Balaban J connectivity index is 2.11. The topological polar surface area (TPSA) is 75.4 Å². The Bertz CT molecular complexity index is 679. The molecule has 1 N–H and O–H groups in total. The molecule has 2 amide bonds. The molecule has 0 aliphatic heterocycles. The van der Waals surface area contributed by atoms with Gasteiger partial charge in [-0.3, -0.25) is 9.59 Å².